The molecule has 0 radical (unpaired) electrons. The number of aliphatic hydroxyl groups excluding tert-OH is 1. The summed E-state index contributed by atoms with van der Waals surface area (Å²) < 4.78 is 13.2. The molecule has 0 saturated heterocycles. The number of fused-ring (bicyclic) bond motifs is 1. The van der Waals surface area contributed by atoms with Crippen molar-refractivity contribution in [3.63, 3.8) is 0 Å². The van der Waals surface area contributed by atoms with Gasteiger partial charge in [0.2, 0.25) is 0 Å². The lowest BCUT2D eigenvalue weighted by atomic mass is 9.99. The zero-order valence-electron chi connectivity index (χ0n) is 12.0. The number of aryl methyl sites for hydroxylation is 2. The highest BCUT2D eigenvalue weighted by Crippen LogP contribution is 2.27. The predicted molar refractivity (Wildman–Crippen MR) is 81.7 cm³/mol. The highest BCUT2D eigenvalue weighted by molar-refractivity contribution is 5.82. The Hall–Kier alpha value is -2.26. The third-order valence-electron chi connectivity index (χ3n) is 3.75. The summed E-state index contributed by atoms with van der Waals surface area (Å²) in [5.41, 5.74) is 3.90. The van der Waals surface area contributed by atoms with Crippen LogP contribution in [0.1, 0.15) is 28.5 Å². The number of pyridine rings is 1. The maximum absolute atomic E-state index is 13.2. The van der Waals surface area contributed by atoms with Crippen molar-refractivity contribution in [3.8, 4) is 0 Å². The van der Waals surface area contributed by atoms with Gasteiger partial charge < -0.3 is 5.11 Å². The van der Waals surface area contributed by atoms with E-state index in [-0.39, 0.29) is 5.82 Å². The summed E-state index contributed by atoms with van der Waals surface area (Å²) >= 11 is 0. The Bertz CT molecular complexity index is 813. The van der Waals surface area contributed by atoms with Crippen LogP contribution in [0.3, 0.4) is 0 Å². The molecular formula is C18H16FNO. The molecule has 1 heterocycles. The maximum Gasteiger partial charge on any atom is 0.123 e. The van der Waals surface area contributed by atoms with Crippen LogP contribution in [-0.2, 0) is 0 Å². The van der Waals surface area contributed by atoms with Crippen molar-refractivity contribution < 1.29 is 9.50 Å². The summed E-state index contributed by atoms with van der Waals surface area (Å²) in [5, 5.41) is 11.6. The normalized spacial score (nSPS) is 12.6. The molecule has 0 bridgehead atoms. The molecule has 0 fully saturated rings. The minimum Gasteiger partial charge on any atom is -0.382 e. The van der Waals surface area contributed by atoms with Gasteiger partial charge in [-0.2, -0.15) is 0 Å². The number of aliphatic hydroxyl groups is 1. The summed E-state index contributed by atoms with van der Waals surface area (Å²) in [5.74, 6) is -0.300. The van der Waals surface area contributed by atoms with Crippen LogP contribution in [0, 0.1) is 19.7 Å². The maximum atomic E-state index is 13.2. The van der Waals surface area contributed by atoms with Gasteiger partial charge >= 0.3 is 0 Å². The van der Waals surface area contributed by atoms with E-state index in [0.29, 0.717) is 11.3 Å². The quantitative estimate of drug-likeness (QED) is 0.768. The van der Waals surface area contributed by atoms with E-state index in [0.717, 1.165) is 22.0 Å². The van der Waals surface area contributed by atoms with E-state index in [9.17, 15) is 9.50 Å². The second-order valence-electron chi connectivity index (χ2n) is 5.28. The molecule has 3 rings (SSSR count). The molecule has 21 heavy (non-hydrogen) atoms. The molecule has 2 nitrogen and oxygen atoms in total. The third-order valence-corrected chi connectivity index (χ3v) is 3.75. The van der Waals surface area contributed by atoms with Crippen molar-refractivity contribution in [1.82, 2.24) is 4.98 Å². The SMILES string of the molecule is Cc1cc(F)ccc1C(O)c1cc(C)c2ccccc2n1. The molecule has 1 unspecified atom stereocenters. The molecule has 3 aromatic rings. The van der Waals surface area contributed by atoms with Crippen molar-refractivity contribution in [3.05, 3.63) is 76.7 Å². The van der Waals surface area contributed by atoms with E-state index in [1.165, 1.54) is 12.1 Å². The van der Waals surface area contributed by atoms with Crippen molar-refractivity contribution >= 4 is 10.9 Å². The summed E-state index contributed by atoms with van der Waals surface area (Å²) in [4.78, 5) is 4.53. The topological polar surface area (TPSA) is 33.1 Å². The van der Waals surface area contributed by atoms with Crippen molar-refractivity contribution in [1.29, 1.82) is 0 Å². The van der Waals surface area contributed by atoms with Gasteiger partial charge in [0.15, 0.2) is 0 Å². The first kappa shape index (κ1) is 13.7. The monoisotopic (exact) mass is 281 g/mol. The lowest BCUT2D eigenvalue weighted by molar-refractivity contribution is 0.215. The minimum absolute atomic E-state index is 0.300. The van der Waals surface area contributed by atoms with Gasteiger partial charge in [0.1, 0.15) is 11.9 Å². The van der Waals surface area contributed by atoms with E-state index in [2.05, 4.69) is 4.98 Å². The number of benzene rings is 2. The molecule has 0 spiro atoms. The number of hydrogen-bond acceptors (Lipinski definition) is 2. The summed E-state index contributed by atoms with van der Waals surface area (Å²) in [6.45, 7) is 3.79. The summed E-state index contributed by atoms with van der Waals surface area (Å²) in [6, 6.07) is 14.1. The molecular weight excluding hydrogens is 265 g/mol. The van der Waals surface area contributed by atoms with Crippen LogP contribution in [0.15, 0.2) is 48.5 Å². The Morgan fingerprint density at radius 2 is 1.76 bits per heavy atom. The second-order valence-corrected chi connectivity index (χ2v) is 5.28. The third kappa shape index (κ3) is 2.52. The first-order valence-electron chi connectivity index (χ1n) is 6.86. The number of nitrogens with zero attached hydrogens (tertiary/aromatic N) is 1. The molecule has 1 aromatic heterocycles. The molecule has 0 aliphatic rings. The fraction of sp³-hybridized carbons (Fsp3) is 0.167. The Labute approximate surface area is 122 Å². The molecule has 0 amide bonds. The number of hydrogen-bond donors (Lipinski definition) is 1. The van der Waals surface area contributed by atoms with Gasteiger partial charge in [-0.3, -0.25) is 0 Å². The average Bonchev–Trinajstić information content (AvgIpc) is 2.46. The Balaban J connectivity index is 2.11. The van der Waals surface area contributed by atoms with Gasteiger partial charge in [0, 0.05) is 5.39 Å². The highest BCUT2D eigenvalue weighted by atomic mass is 19.1. The Morgan fingerprint density at radius 3 is 2.52 bits per heavy atom. The standard InChI is InChI=1S/C18H16FNO/c1-11-9-13(19)7-8-15(11)18(21)17-10-12(2)14-5-3-4-6-16(14)20-17/h3-10,18,21H,1-2H3. The average molecular weight is 281 g/mol. The smallest absolute Gasteiger partial charge is 0.123 e. The molecule has 2 aromatic carbocycles. The summed E-state index contributed by atoms with van der Waals surface area (Å²) in [6.07, 6.45) is -0.853. The second kappa shape index (κ2) is 5.26. The van der Waals surface area contributed by atoms with Crippen LogP contribution < -0.4 is 0 Å². The zero-order valence-corrected chi connectivity index (χ0v) is 12.0. The van der Waals surface area contributed by atoms with Gasteiger partial charge in [-0.15, -0.1) is 0 Å². The fourth-order valence-corrected chi connectivity index (χ4v) is 2.62. The van der Waals surface area contributed by atoms with Gasteiger partial charge in [-0.05, 0) is 54.8 Å². The van der Waals surface area contributed by atoms with Crippen LogP contribution in [0.2, 0.25) is 0 Å². The van der Waals surface area contributed by atoms with Crippen LogP contribution >= 0.6 is 0 Å². The lowest BCUT2D eigenvalue weighted by Gasteiger charge is -2.15. The number of rotatable bonds is 2. The zero-order chi connectivity index (χ0) is 15.0. The molecule has 0 aliphatic carbocycles. The van der Waals surface area contributed by atoms with Crippen molar-refractivity contribution in [2.75, 3.05) is 0 Å². The van der Waals surface area contributed by atoms with Gasteiger partial charge in [0.05, 0.1) is 11.2 Å². The number of para-hydroxylation sites is 1. The van der Waals surface area contributed by atoms with Crippen LogP contribution in [-0.4, -0.2) is 10.1 Å². The molecule has 0 aliphatic heterocycles. The number of halogens is 1. The van der Waals surface area contributed by atoms with Crippen molar-refractivity contribution in [2.45, 2.75) is 20.0 Å². The number of aromatic nitrogens is 1. The van der Waals surface area contributed by atoms with E-state index < -0.39 is 6.10 Å². The molecule has 3 heteroatoms. The van der Waals surface area contributed by atoms with E-state index in [1.807, 2.05) is 37.3 Å². The molecule has 1 N–H and O–H groups in total. The van der Waals surface area contributed by atoms with E-state index in [4.69, 9.17) is 0 Å². The predicted octanol–water partition coefficient (Wildman–Crippen LogP) is 4.07. The fourth-order valence-electron chi connectivity index (χ4n) is 2.62. The molecule has 106 valence electrons. The largest absolute Gasteiger partial charge is 0.382 e. The van der Waals surface area contributed by atoms with Crippen LogP contribution in [0.5, 0.6) is 0 Å². The minimum atomic E-state index is -0.853. The Kier molecular flexibility index (Phi) is 3.43. The van der Waals surface area contributed by atoms with E-state index >= 15 is 0 Å². The van der Waals surface area contributed by atoms with Crippen LogP contribution in [0.25, 0.3) is 10.9 Å². The van der Waals surface area contributed by atoms with Gasteiger partial charge in [-0.1, -0.05) is 24.3 Å². The van der Waals surface area contributed by atoms with E-state index in [1.54, 1.807) is 13.0 Å². The van der Waals surface area contributed by atoms with Gasteiger partial charge in [-0.25, -0.2) is 9.37 Å². The van der Waals surface area contributed by atoms with Crippen molar-refractivity contribution in [2.24, 2.45) is 0 Å². The molecule has 1 atom stereocenters. The first-order valence-corrected chi connectivity index (χ1v) is 6.86. The van der Waals surface area contributed by atoms with Gasteiger partial charge in [0.25, 0.3) is 0 Å². The highest BCUT2D eigenvalue weighted by Gasteiger charge is 2.16. The molecule has 0 saturated carbocycles. The van der Waals surface area contributed by atoms with Crippen LogP contribution in [0.4, 0.5) is 4.39 Å². The first-order chi connectivity index (χ1) is 10.1. The lowest BCUT2D eigenvalue weighted by Crippen LogP contribution is -2.05. The Morgan fingerprint density at radius 1 is 1.00 bits per heavy atom. The summed E-state index contributed by atoms with van der Waals surface area (Å²) in [7, 11) is 0.